The van der Waals surface area contributed by atoms with Crippen LogP contribution in [-0.2, 0) is 25.6 Å². The molecule has 0 radical (unpaired) electrons. The van der Waals surface area contributed by atoms with Crippen LogP contribution in [0.1, 0.15) is 38.7 Å². The maximum Gasteiger partial charge on any atom is 0.325 e. The van der Waals surface area contributed by atoms with E-state index in [1.165, 1.54) is 7.05 Å². The average Bonchev–Trinajstić information content (AvgIpc) is 2.63. The van der Waals surface area contributed by atoms with Crippen LogP contribution in [0.3, 0.4) is 0 Å². The number of benzene rings is 1. The Kier molecular flexibility index (Phi) is 9.36. The second-order valence-corrected chi connectivity index (χ2v) is 6.72. The molecule has 0 heterocycles. The number of rotatable bonds is 10. The Morgan fingerprint density at radius 1 is 1.12 bits per heavy atom. The summed E-state index contributed by atoms with van der Waals surface area (Å²) in [4.78, 5) is 40.5. The third kappa shape index (κ3) is 7.65. The van der Waals surface area contributed by atoms with Crippen molar-refractivity contribution in [1.82, 2.24) is 10.6 Å². The molecule has 2 atom stereocenters. The highest BCUT2D eigenvalue weighted by Gasteiger charge is 2.27. The van der Waals surface area contributed by atoms with Gasteiger partial charge < -0.3 is 15.5 Å². The van der Waals surface area contributed by atoms with Crippen molar-refractivity contribution < 1.29 is 19.2 Å². The lowest BCUT2D eigenvalue weighted by atomic mass is 9.92. The maximum atomic E-state index is 12.6. The molecule has 0 aliphatic rings. The van der Waals surface area contributed by atoms with Gasteiger partial charge in [0, 0.05) is 13.0 Å². The number of nitrogens with two attached hydrogens (primary N) is 1. The quantitative estimate of drug-likeness (QED) is 0.543. The second kappa shape index (κ2) is 11.3. The molecule has 0 saturated carbocycles. The van der Waals surface area contributed by atoms with Gasteiger partial charge in [0.1, 0.15) is 6.04 Å². The van der Waals surface area contributed by atoms with Gasteiger partial charge in [-0.05, 0) is 30.7 Å². The maximum absolute atomic E-state index is 12.6. The summed E-state index contributed by atoms with van der Waals surface area (Å²) in [7, 11) is 1.53. The van der Waals surface area contributed by atoms with E-state index in [0.29, 0.717) is 19.3 Å². The average molecular weight is 363 g/mol. The lowest BCUT2D eigenvalue weighted by molar-refractivity contribution is -0.147. The first-order chi connectivity index (χ1) is 12.4. The smallest absolute Gasteiger partial charge is 0.325 e. The van der Waals surface area contributed by atoms with Crippen LogP contribution in [-0.4, -0.2) is 30.9 Å². The first kappa shape index (κ1) is 21.6. The SMILES string of the molecule is CNC(=O)C(CCc1ccccc1)NC(=O)C(CC(=O)ON)CC(C)C. The van der Waals surface area contributed by atoms with Crippen molar-refractivity contribution in [2.45, 2.75) is 45.6 Å². The molecule has 1 rings (SSSR count). The molecular formula is C19H29N3O4. The fraction of sp³-hybridized carbons (Fsp3) is 0.526. The Labute approximate surface area is 154 Å². The highest BCUT2D eigenvalue weighted by molar-refractivity contribution is 5.89. The predicted molar refractivity (Wildman–Crippen MR) is 98.6 cm³/mol. The van der Waals surface area contributed by atoms with Crippen LogP contribution in [0.15, 0.2) is 30.3 Å². The molecule has 0 aliphatic carbocycles. The van der Waals surface area contributed by atoms with Crippen molar-refractivity contribution in [1.29, 1.82) is 0 Å². The van der Waals surface area contributed by atoms with Crippen molar-refractivity contribution >= 4 is 17.8 Å². The first-order valence-corrected chi connectivity index (χ1v) is 8.82. The van der Waals surface area contributed by atoms with E-state index >= 15 is 0 Å². The largest absolute Gasteiger partial charge is 0.373 e. The predicted octanol–water partition coefficient (Wildman–Crippen LogP) is 1.32. The summed E-state index contributed by atoms with van der Waals surface area (Å²) in [6.45, 7) is 3.92. The van der Waals surface area contributed by atoms with E-state index in [9.17, 15) is 14.4 Å². The molecule has 0 aliphatic heterocycles. The standard InChI is InChI=1S/C19H29N3O4/c1-13(2)11-15(12-17(23)26-20)18(24)22-16(19(25)21-3)10-9-14-7-5-4-6-8-14/h4-8,13,15-16H,9-12,20H2,1-3H3,(H,21,25)(H,22,24). The van der Waals surface area contributed by atoms with E-state index in [4.69, 9.17) is 5.90 Å². The van der Waals surface area contributed by atoms with Crippen molar-refractivity contribution in [2.24, 2.45) is 17.7 Å². The summed E-state index contributed by atoms with van der Waals surface area (Å²) in [6, 6.07) is 9.06. The third-order valence-corrected chi connectivity index (χ3v) is 4.12. The molecule has 2 unspecified atom stereocenters. The molecule has 0 aromatic heterocycles. The molecule has 0 bridgehead atoms. The molecule has 144 valence electrons. The topological polar surface area (TPSA) is 111 Å². The Balaban J connectivity index is 2.77. The van der Waals surface area contributed by atoms with Crippen LogP contribution in [0, 0.1) is 11.8 Å². The molecule has 0 spiro atoms. The lowest BCUT2D eigenvalue weighted by Gasteiger charge is -2.22. The number of carbonyl (C=O) groups is 3. The fourth-order valence-electron chi connectivity index (χ4n) is 2.79. The highest BCUT2D eigenvalue weighted by Crippen LogP contribution is 2.17. The number of carbonyl (C=O) groups excluding carboxylic acids is 3. The van der Waals surface area contributed by atoms with E-state index in [1.807, 2.05) is 44.2 Å². The summed E-state index contributed by atoms with van der Waals surface area (Å²) in [5.41, 5.74) is 1.08. The van der Waals surface area contributed by atoms with Gasteiger partial charge in [-0.1, -0.05) is 44.2 Å². The zero-order valence-electron chi connectivity index (χ0n) is 15.7. The number of nitrogens with one attached hydrogen (secondary N) is 2. The van der Waals surface area contributed by atoms with Gasteiger partial charge in [-0.25, -0.2) is 0 Å². The van der Waals surface area contributed by atoms with Crippen LogP contribution in [0.5, 0.6) is 0 Å². The third-order valence-electron chi connectivity index (χ3n) is 4.12. The van der Waals surface area contributed by atoms with Crippen molar-refractivity contribution in [3.05, 3.63) is 35.9 Å². The van der Waals surface area contributed by atoms with Crippen molar-refractivity contribution in [3.8, 4) is 0 Å². The van der Waals surface area contributed by atoms with Crippen LogP contribution in [0.25, 0.3) is 0 Å². The zero-order chi connectivity index (χ0) is 19.5. The number of hydrogen-bond donors (Lipinski definition) is 3. The van der Waals surface area contributed by atoms with Gasteiger partial charge in [-0.2, -0.15) is 5.90 Å². The van der Waals surface area contributed by atoms with E-state index in [0.717, 1.165) is 5.56 Å². The number of aryl methyl sites for hydroxylation is 1. The molecule has 7 nitrogen and oxygen atoms in total. The molecule has 2 amide bonds. The summed E-state index contributed by atoms with van der Waals surface area (Å²) < 4.78 is 0. The van der Waals surface area contributed by atoms with Gasteiger partial charge in [0.25, 0.3) is 0 Å². The molecule has 0 fully saturated rings. The number of hydrogen-bond acceptors (Lipinski definition) is 5. The van der Waals surface area contributed by atoms with Gasteiger partial charge in [-0.3, -0.25) is 14.4 Å². The van der Waals surface area contributed by atoms with Gasteiger partial charge in [-0.15, -0.1) is 0 Å². The van der Waals surface area contributed by atoms with E-state index in [1.54, 1.807) is 0 Å². The van der Waals surface area contributed by atoms with Crippen LogP contribution in [0.4, 0.5) is 0 Å². The number of likely N-dealkylation sites (N-methyl/N-ethyl adjacent to an activating group) is 1. The fourth-order valence-corrected chi connectivity index (χ4v) is 2.79. The van der Waals surface area contributed by atoms with Gasteiger partial charge in [0.2, 0.25) is 11.8 Å². The minimum atomic E-state index is -0.670. The summed E-state index contributed by atoms with van der Waals surface area (Å²) in [6.07, 6.45) is 1.50. The molecule has 1 aromatic rings. The van der Waals surface area contributed by atoms with Crippen LogP contribution < -0.4 is 16.5 Å². The van der Waals surface area contributed by atoms with Crippen LogP contribution >= 0.6 is 0 Å². The minimum Gasteiger partial charge on any atom is -0.373 e. The normalized spacial score (nSPS) is 13.0. The van der Waals surface area contributed by atoms with E-state index in [-0.39, 0.29) is 24.2 Å². The number of amides is 2. The monoisotopic (exact) mass is 363 g/mol. The first-order valence-electron chi connectivity index (χ1n) is 8.82. The molecule has 7 heteroatoms. The van der Waals surface area contributed by atoms with E-state index in [2.05, 4.69) is 15.5 Å². The van der Waals surface area contributed by atoms with Gasteiger partial charge in [0.05, 0.1) is 6.42 Å². The molecule has 26 heavy (non-hydrogen) atoms. The summed E-state index contributed by atoms with van der Waals surface area (Å²) in [5, 5.41) is 5.35. The van der Waals surface area contributed by atoms with Crippen LogP contribution in [0.2, 0.25) is 0 Å². The van der Waals surface area contributed by atoms with Gasteiger partial charge in [0.15, 0.2) is 0 Å². The zero-order valence-corrected chi connectivity index (χ0v) is 15.7. The Hall–Kier alpha value is -2.41. The lowest BCUT2D eigenvalue weighted by Crippen LogP contribution is -2.48. The van der Waals surface area contributed by atoms with Gasteiger partial charge >= 0.3 is 5.97 Å². The molecular weight excluding hydrogens is 334 g/mol. The Morgan fingerprint density at radius 2 is 1.77 bits per heavy atom. The highest BCUT2D eigenvalue weighted by atomic mass is 16.7. The van der Waals surface area contributed by atoms with Crippen molar-refractivity contribution in [3.63, 3.8) is 0 Å². The summed E-state index contributed by atoms with van der Waals surface area (Å²) in [5.74, 6) is 3.26. The molecule has 4 N–H and O–H groups in total. The Bertz CT molecular complexity index is 590. The minimum absolute atomic E-state index is 0.111. The molecule has 0 saturated heterocycles. The molecule has 1 aromatic carbocycles. The summed E-state index contributed by atoms with van der Waals surface area (Å²) >= 11 is 0. The van der Waals surface area contributed by atoms with E-state index < -0.39 is 17.9 Å². The van der Waals surface area contributed by atoms with Crippen molar-refractivity contribution in [2.75, 3.05) is 7.05 Å². The Morgan fingerprint density at radius 3 is 2.31 bits per heavy atom. The second-order valence-electron chi connectivity index (χ2n) is 6.72.